The predicted molar refractivity (Wildman–Crippen MR) is 117 cm³/mol. The van der Waals surface area contributed by atoms with Gasteiger partial charge in [-0.2, -0.15) is 0 Å². The van der Waals surface area contributed by atoms with Gasteiger partial charge >= 0.3 is 0 Å². The highest BCUT2D eigenvalue weighted by molar-refractivity contribution is 5.28. The zero-order chi connectivity index (χ0) is 19.7. The van der Waals surface area contributed by atoms with E-state index in [4.69, 9.17) is 0 Å². The van der Waals surface area contributed by atoms with Crippen LogP contribution in [0.5, 0.6) is 0 Å². The van der Waals surface area contributed by atoms with Gasteiger partial charge in [0.2, 0.25) is 0 Å². The molecule has 2 unspecified atom stereocenters. The summed E-state index contributed by atoms with van der Waals surface area (Å²) in [5.74, 6) is 1.81. The van der Waals surface area contributed by atoms with Crippen LogP contribution in [-0.2, 0) is 13.1 Å². The molecule has 1 heteroatoms. The third-order valence-corrected chi connectivity index (χ3v) is 8.96. The maximum absolute atomic E-state index is 2.55. The highest BCUT2D eigenvalue weighted by atomic mass is 15.4. The summed E-state index contributed by atoms with van der Waals surface area (Å²) in [4.78, 5) is 0. The van der Waals surface area contributed by atoms with E-state index in [-0.39, 0.29) is 0 Å². The van der Waals surface area contributed by atoms with Gasteiger partial charge in [-0.15, -0.1) is 0 Å². The van der Waals surface area contributed by atoms with E-state index in [0.29, 0.717) is 10.8 Å². The van der Waals surface area contributed by atoms with Crippen molar-refractivity contribution in [1.82, 2.24) is 0 Å². The van der Waals surface area contributed by atoms with Crippen molar-refractivity contribution in [3.05, 3.63) is 35.4 Å². The Morgan fingerprint density at radius 3 is 1.44 bits per heavy atom. The van der Waals surface area contributed by atoms with Gasteiger partial charge in [-0.25, -0.2) is 0 Å². The highest BCUT2D eigenvalue weighted by Gasteiger charge is 2.50. The second-order valence-corrected chi connectivity index (χ2v) is 10.8. The third-order valence-electron chi connectivity index (χ3n) is 8.96. The van der Waals surface area contributed by atoms with Gasteiger partial charge in [0.05, 0.1) is 13.1 Å². The maximum atomic E-state index is 2.55. The molecular formula is C26H44N+. The van der Waals surface area contributed by atoms with E-state index < -0.39 is 0 Å². The molecule has 2 atom stereocenters. The van der Waals surface area contributed by atoms with Crippen molar-refractivity contribution in [1.29, 1.82) is 0 Å². The van der Waals surface area contributed by atoms with Crippen LogP contribution >= 0.6 is 0 Å². The number of hydrogen-bond acceptors (Lipinski definition) is 0. The average Bonchev–Trinajstić information content (AvgIpc) is 3.19. The fourth-order valence-electron chi connectivity index (χ4n) is 6.08. The molecule has 1 nitrogen and oxygen atoms in total. The van der Waals surface area contributed by atoms with Crippen molar-refractivity contribution >= 4 is 0 Å². The van der Waals surface area contributed by atoms with Crippen LogP contribution in [0.15, 0.2) is 24.3 Å². The zero-order valence-electron chi connectivity index (χ0n) is 19.0. The number of fused-ring (bicyclic) bond motifs is 1. The third kappa shape index (κ3) is 4.29. The lowest BCUT2D eigenvalue weighted by Gasteiger charge is -2.34. The number of benzene rings is 1. The molecule has 0 saturated carbocycles. The van der Waals surface area contributed by atoms with E-state index in [9.17, 15) is 0 Å². The smallest absolute Gasteiger partial charge is 0.105 e. The lowest BCUT2D eigenvalue weighted by Crippen LogP contribution is -2.41. The van der Waals surface area contributed by atoms with Gasteiger partial charge < -0.3 is 4.48 Å². The Labute approximate surface area is 169 Å². The standard InChI is InChI=1S/C26H44N/c1-7-25(5,8-2)15-23-19-27(17-21-13-11-12-14-22(21)18-27)20-24(23)16-26(6,9-3)10-4/h11-14,23-24H,7-10,15-20H2,1-6H3/q+1. The summed E-state index contributed by atoms with van der Waals surface area (Å²) in [5.41, 5.74) is 4.30. The summed E-state index contributed by atoms with van der Waals surface area (Å²) in [7, 11) is 0. The molecule has 152 valence electrons. The van der Waals surface area contributed by atoms with Crippen molar-refractivity contribution in [2.24, 2.45) is 22.7 Å². The van der Waals surface area contributed by atoms with Crippen molar-refractivity contribution in [2.75, 3.05) is 13.1 Å². The van der Waals surface area contributed by atoms with Gasteiger partial charge in [0.25, 0.3) is 0 Å². The molecule has 0 amide bonds. The number of hydrogen-bond donors (Lipinski definition) is 0. The summed E-state index contributed by atoms with van der Waals surface area (Å²) in [5, 5.41) is 0. The largest absolute Gasteiger partial charge is 0.316 e. The molecule has 1 saturated heterocycles. The molecule has 0 aromatic heterocycles. The van der Waals surface area contributed by atoms with Crippen molar-refractivity contribution in [3.8, 4) is 0 Å². The first-order valence-electron chi connectivity index (χ1n) is 11.7. The van der Waals surface area contributed by atoms with E-state index in [2.05, 4.69) is 65.8 Å². The molecule has 0 radical (unpaired) electrons. The van der Waals surface area contributed by atoms with Crippen molar-refractivity contribution in [3.63, 3.8) is 0 Å². The maximum Gasteiger partial charge on any atom is 0.105 e. The summed E-state index contributed by atoms with van der Waals surface area (Å²) in [6, 6.07) is 9.24. The van der Waals surface area contributed by atoms with E-state index in [0.717, 1.165) is 11.8 Å². The molecule has 1 aromatic rings. The van der Waals surface area contributed by atoms with Crippen LogP contribution in [0.4, 0.5) is 0 Å². The number of nitrogens with zero attached hydrogens (tertiary/aromatic N) is 1. The van der Waals surface area contributed by atoms with Crippen molar-refractivity contribution in [2.45, 2.75) is 93.2 Å². The molecule has 27 heavy (non-hydrogen) atoms. The van der Waals surface area contributed by atoms with Gasteiger partial charge in [-0.3, -0.25) is 0 Å². The predicted octanol–water partition coefficient (Wildman–Crippen LogP) is 7.20. The first-order chi connectivity index (χ1) is 12.8. The van der Waals surface area contributed by atoms with Crippen LogP contribution in [0.3, 0.4) is 0 Å². The van der Waals surface area contributed by atoms with E-state index in [1.165, 1.54) is 69.2 Å². The van der Waals surface area contributed by atoms with E-state index in [1.807, 2.05) is 0 Å². The highest BCUT2D eigenvalue weighted by Crippen LogP contribution is 2.49. The Bertz CT molecular complexity index is 568. The molecule has 3 rings (SSSR count). The van der Waals surface area contributed by atoms with Crippen LogP contribution in [0.1, 0.15) is 91.2 Å². The average molecular weight is 371 g/mol. The summed E-state index contributed by atoms with van der Waals surface area (Å²) in [6.07, 6.45) is 8.17. The quantitative estimate of drug-likeness (QED) is 0.425. The first kappa shape index (κ1) is 20.9. The van der Waals surface area contributed by atoms with Gasteiger partial charge in [-0.05, 0) is 23.7 Å². The van der Waals surface area contributed by atoms with Gasteiger partial charge in [-0.1, -0.05) is 91.5 Å². The Balaban J connectivity index is 1.83. The van der Waals surface area contributed by atoms with E-state index >= 15 is 0 Å². The molecule has 0 N–H and O–H groups in total. The molecule has 0 bridgehead atoms. The molecule has 1 aromatic carbocycles. The number of rotatable bonds is 8. The first-order valence-corrected chi connectivity index (χ1v) is 11.7. The van der Waals surface area contributed by atoms with Gasteiger partial charge in [0.15, 0.2) is 0 Å². The normalized spacial score (nSPS) is 24.5. The minimum atomic E-state index is 0.526. The van der Waals surface area contributed by atoms with Crippen LogP contribution < -0.4 is 0 Å². The molecule has 2 heterocycles. The Kier molecular flexibility index (Phi) is 6.11. The fourth-order valence-corrected chi connectivity index (χ4v) is 6.08. The van der Waals surface area contributed by atoms with Crippen LogP contribution in [-0.4, -0.2) is 17.6 Å². The van der Waals surface area contributed by atoms with Crippen LogP contribution in [0, 0.1) is 22.7 Å². The van der Waals surface area contributed by atoms with Crippen LogP contribution in [0.2, 0.25) is 0 Å². The summed E-state index contributed by atoms with van der Waals surface area (Å²) >= 11 is 0. The van der Waals surface area contributed by atoms with Crippen molar-refractivity contribution < 1.29 is 4.48 Å². The SMILES string of the molecule is CCC(C)(CC)CC1C[N+]2(Cc3ccccc3C2)CC1CC(C)(CC)CC. The Hall–Kier alpha value is -0.820. The molecule has 0 aliphatic carbocycles. The molecule has 1 fully saturated rings. The lowest BCUT2D eigenvalue weighted by atomic mass is 9.69. The molecule has 2 aliphatic heterocycles. The minimum absolute atomic E-state index is 0.526. The summed E-state index contributed by atoms with van der Waals surface area (Å²) in [6.45, 7) is 20.1. The molecule has 1 spiro atoms. The second-order valence-electron chi connectivity index (χ2n) is 10.8. The molecule has 2 aliphatic rings. The second kappa shape index (κ2) is 7.90. The monoisotopic (exact) mass is 370 g/mol. The Morgan fingerprint density at radius 1 is 0.741 bits per heavy atom. The topological polar surface area (TPSA) is 0 Å². The Morgan fingerprint density at radius 2 is 1.11 bits per heavy atom. The zero-order valence-corrected chi connectivity index (χ0v) is 19.0. The summed E-state index contributed by atoms with van der Waals surface area (Å²) < 4.78 is 1.35. The van der Waals surface area contributed by atoms with Gasteiger partial charge in [0, 0.05) is 23.0 Å². The molecular weight excluding hydrogens is 326 g/mol. The van der Waals surface area contributed by atoms with E-state index in [1.54, 1.807) is 11.1 Å². The van der Waals surface area contributed by atoms with Gasteiger partial charge in [0.1, 0.15) is 13.1 Å². The fraction of sp³-hybridized carbons (Fsp3) is 0.769. The van der Waals surface area contributed by atoms with Crippen LogP contribution in [0.25, 0.3) is 0 Å². The minimum Gasteiger partial charge on any atom is -0.316 e. The lowest BCUT2D eigenvalue weighted by molar-refractivity contribution is -0.938. The number of quaternary nitrogens is 1.